The Kier molecular flexibility index (Phi) is 8.15. The van der Waals surface area contributed by atoms with E-state index < -0.39 is 35.4 Å². The molecule has 196 valence electrons. The average Bonchev–Trinajstić information content (AvgIpc) is 2.81. The molecule has 0 spiro atoms. The van der Waals surface area contributed by atoms with Gasteiger partial charge in [-0.3, -0.25) is 9.79 Å². The smallest absolute Gasteiger partial charge is 0.416 e. The first-order valence-electron chi connectivity index (χ1n) is 11.4. The van der Waals surface area contributed by atoms with Crippen molar-refractivity contribution in [3.05, 3.63) is 82.9 Å². The highest BCUT2D eigenvalue weighted by Crippen LogP contribution is 2.40. The highest BCUT2D eigenvalue weighted by Gasteiger charge is 2.37. The van der Waals surface area contributed by atoms with Crippen LogP contribution < -0.4 is 0 Å². The van der Waals surface area contributed by atoms with E-state index in [1.165, 1.54) is 12.1 Å². The predicted octanol–water partition coefficient (Wildman–Crippen LogP) is 8.32. The lowest BCUT2D eigenvalue weighted by atomic mass is 9.86. The summed E-state index contributed by atoms with van der Waals surface area (Å²) in [5.41, 5.74) is -0.972. The number of rotatable bonds is 7. The van der Waals surface area contributed by atoms with Crippen LogP contribution in [-0.2, 0) is 17.1 Å². The Bertz CT molecular complexity index is 1260. The SMILES string of the molecule is CN=Cc1ccc(-c2cc(-c3cc(C(F)(F)F)cc(C(F)(F)F)c3)cc(C(CC(C)C)C(=O)O)c2)cc1. The van der Waals surface area contributed by atoms with Gasteiger partial charge in [0.15, 0.2) is 0 Å². The van der Waals surface area contributed by atoms with E-state index in [2.05, 4.69) is 4.99 Å². The number of aliphatic carboxylic acids is 1. The van der Waals surface area contributed by atoms with Crippen molar-refractivity contribution >= 4 is 12.2 Å². The van der Waals surface area contributed by atoms with Gasteiger partial charge in [0.25, 0.3) is 0 Å². The van der Waals surface area contributed by atoms with Crippen molar-refractivity contribution in [3.8, 4) is 22.3 Å². The van der Waals surface area contributed by atoms with Crippen LogP contribution in [-0.4, -0.2) is 24.3 Å². The summed E-state index contributed by atoms with van der Waals surface area (Å²) in [5, 5.41) is 9.88. The van der Waals surface area contributed by atoms with E-state index in [1.807, 2.05) is 13.8 Å². The molecule has 0 aliphatic rings. The van der Waals surface area contributed by atoms with Crippen LogP contribution >= 0.6 is 0 Å². The van der Waals surface area contributed by atoms with E-state index >= 15 is 0 Å². The summed E-state index contributed by atoms with van der Waals surface area (Å²) in [4.78, 5) is 16.0. The number of halogens is 6. The van der Waals surface area contributed by atoms with Gasteiger partial charge in [0.2, 0.25) is 0 Å². The topological polar surface area (TPSA) is 49.7 Å². The highest BCUT2D eigenvalue weighted by atomic mass is 19.4. The number of aliphatic imine (C=N–C) groups is 1. The maximum atomic E-state index is 13.5. The number of benzene rings is 3. The Morgan fingerprint density at radius 1 is 0.811 bits per heavy atom. The zero-order valence-electron chi connectivity index (χ0n) is 20.3. The zero-order valence-corrected chi connectivity index (χ0v) is 20.3. The molecule has 3 aromatic rings. The summed E-state index contributed by atoms with van der Waals surface area (Å²) in [6, 6.07) is 12.8. The van der Waals surface area contributed by atoms with Gasteiger partial charge in [-0.05, 0) is 70.0 Å². The van der Waals surface area contributed by atoms with E-state index in [9.17, 15) is 36.2 Å². The van der Waals surface area contributed by atoms with Gasteiger partial charge >= 0.3 is 18.3 Å². The van der Waals surface area contributed by atoms with Gasteiger partial charge in [-0.1, -0.05) is 50.2 Å². The quantitative estimate of drug-likeness (QED) is 0.251. The van der Waals surface area contributed by atoms with Gasteiger partial charge in [-0.25, -0.2) is 0 Å². The van der Waals surface area contributed by atoms with Crippen LogP contribution in [0.2, 0.25) is 0 Å². The summed E-state index contributed by atoms with van der Waals surface area (Å²) in [6.07, 6.45) is -8.15. The van der Waals surface area contributed by atoms with Gasteiger partial charge in [0.1, 0.15) is 0 Å². The van der Waals surface area contributed by atoms with Crippen LogP contribution in [0.1, 0.15) is 48.4 Å². The zero-order chi connectivity index (χ0) is 27.5. The van der Waals surface area contributed by atoms with Gasteiger partial charge in [-0.15, -0.1) is 0 Å². The van der Waals surface area contributed by atoms with Crippen LogP contribution in [0.5, 0.6) is 0 Å². The molecule has 0 saturated carbocycles. The average molecular weight is 522 g/mol. The number of carboxylic acid groups (broad SMARTS) is 1. The minimum Gasteiger partial charge on any atom is -0.481 e. The Morgan fingerprint density at radius 2 is 1.30 bits per heavy atom. The third-order valence-electron chi connectivity index (χ3n) is 5.81. The van der Waals surface area contributed by atoms with Crippen molar-refractivity contribution in [1.82, 2.24) is 0 Å². The highest BCUT2D eigenvalue weighted by molar-refractivity contribution is 5.83. The molecule has 0 heterocycles. The summed E-state index contributed by atoms with van der Waals surface area (Å²) >= 11 is 0. The van der Waals surface area contributed by atoms with Gasteiger partial charge in [0.05, 0.1) is 17.0 Å². The lowest BCUT2D eigenvalue weighted by Gasteiger charge is -2.19. The lowest BCUT2D eigenvalue weighted by Crippen LogP contribution is -2.14. The summed E-state index contributed by atoms with van der Waals surface area (Å²) in [6.45, 7) is 3.66. The summed E-state index contributed by atoms with van der Waals surface area (Å²) < 4.78 is 81.0. The Labute approximate surface area is 210 Å². The van der Waals surface area contributed by atoms with Gasteiger partial charge in [-0.2, -0.15) is 26.3 Å². The molecule has 1 N–H and O–H groups in total. The fourth-order valence-electron chi connectivity index (χ4n) is 4.07. The number of carbonyl (C=O) groups is 1. The fourth-order valence-corrected chi connectivity index (χ4v) is 4.07. The van der Waals surface area contributed by atoms with Crippen LogP contribution in [0, 0.1) is 5.92 Å². The molecule has 0 bridgehead atoms. The largest absolute Gasteiger partial charge is 0.481 e. The first kappa shape index (κ1) is 28.0. The van der Waals surface area contributed by atoms with E-state index in [0.29, 0.717) is 28.8 Å². The first-order valence-corrected chi connectivity index (χ1v) is 11.4. The molecule has 3 rings (SSSR count). The lowest BCUT2D eigenvalue weighted by molar-refractivity contribution is -0.143. The van der Waals surface area contributed by atoms with Crippen molar-refractivity contribution in [2.24, 2.45) is 10.9 Å². The molecule has 9 heteroatoms. The summed E-state index contributed by atoms with van der Waals surface area (Å²) in [5.74, 6) is -2.16. The molecule has 0 fully saturated rings. The van der Waals surface area contributed by atoms with E-state index in [0.717, 1.165) is 5.56 Å². The van der Waals surface area contributed by atoms with Crippen LogP contribution in [0.4, 0.5) is 26.3 Å². The minimum absolute atomic E-state index is 0.0220. The van der Waals surface area contributed by atoms with E-state index in [1.54, 1.807) is 43.6 Å². The van der Waals surface area contributed by atoms with E-state index in [4.69, 9.17) is 0 Å². The standard InChI is InChI=1S/C28H25F6NO2/c1-16(2)8-25(26(36)37)22-10-19(18-6-4-17(5-7-18)15-35-3)9-20(11-22)21-12-23(27(29,30)31)14-24(13-21)28(32,33)34/h4-7,9-16,25H,8H2,1-3H3,(H,36,37). The van der Waals surface area contributed by atoms with E-state index in [-0.39, 0.29) is 29.5 Å². The second-order valence-corrected chi connectivity index (χ2v) is 9.17. The second-order valence-electron chi connectivity index (χ2n) is 9.17. The third-order valence-corrected chi connectivity index (χ3v) is 5.81. The Hall–Kier alpha value is -3.62. The third kappa shape index (κ3) is 6.99. The van der Waals surface area contributed by atoms with Crippen molar-refractivity contribution in [2.75, 3.05) is 7.05 Å². The fraction of sp³-hybridized carbons (Fsp3) is 0.286. The monoisotopic (exact) mass is 521 g/mol. The molecule has 0 aliphatic carbocycles. The first-order chi connectivity index (χ1) is 17.2. The molecule has 1 atom stereocenters. The Balaban J connectivity index is 2.30. The molecule has 3 nitrogen and oxygen atoms in total. The molecule has 37 heavy (non-hydrogen) atoms. The molecule has 3 aromatic carbocycles. The molecule has 0 radical (unpaired) electrons. The van der Waals surface area contributed by atoms with Crippen LogP contribution in [0.25, 0.3) is 22.3 Å². The summed E-state index contributed by atoms with van der Waals surface area (Å²) in [7, 11) is 1.61. The molecule has 0 aliphatic heterocycles. The number of carboxylic acids is 1. The Morgan fingerprint density at radius 3 is 1.73 bits per heavy atom. The van der Waals surface area contributed by atoms with Crippen LogP contribution in [0.15, 0.2) is 65.7 Å². The minimum atomic E-state index is -5.01. The molecular formula is C28H25F6NO2. The number of hydrogen-bond donors (Lipinski definition) is 1. The van der Waals surface area contributed by atoms with Crippen molar-refractivity contribution in [3.63, 3.8) is 0 Å². The molecule has 0 saturated heterocycles. The molecule has 0 aromatic heterocycles. The molecule has 0 amide bonds. The van der Waals surface area contributed by atoms with Crippen molar-refractivity contribution in [2.45, 2.75) is 38.5 Å². The maximum absolute atomic E-state index is 13.5. The normalized spacial score (nSPS) is 13.4. The van der Waals surface area contributed by atoms with Gasteiger partial charge < -0.3 is 5.11 Å². The van der Waals surface area contributed by atoms with Crippen molar-refractivity contribution in [1.29, 1.82) is 0 Å². The molecule has 1 unspecified atom stereocenters. The number of nitrogens with zero attached hydrogens (tertiary/aromatic N) is 1. The second kappa shape index (κ2) is 10.8. The number of hydrogen-bond acceptors (Lipinski definition) is 2. The maximum Gasteiger partial charge on any atom is 0.416 e. The molecular weight excluding hydrogens is 496 g/mol. The number of alkyl halides is 6. The van der Waals surface area contributed by atoms with Crippen molar-refractivity contribution < 1.29 is 36.2 Å². The van der Waals surface area contributed by atoms with Gasteiger partial charge in [0, 0.05) is 13.3 Å². The van der Waals surface area contributed by atoms with Crippen LogP contribution in [0.3, 0.4) is 0 Å². The predicted molar refractivity (Wildman–Crippen MR) is 131 cm³/mol.